The van der Waals surface area contributed by atoms with Crippen molar-refractivity contribution in [2.45, 2.75) is 173 Å². The van der Waals surface area contributed by atoms with Crippen molar-refractivity contribution in [1.29, 1.82) is 0 Å². The molecule has 32 heteroatoms. The zero-order chi connectivity index (χ0) is 80.6. The van der Waals surface area contributed by atoms with Crippen LogP contribution < -0.4 is 61.5 Å². The Labute approximate surface area is 640 Å². The Morgan fingerprint density at radius 2 is 0.936 bits per heavy atom. The number of nitrogens with zero attached hydrogens (tertiary/aromatic N) is 4. The summed E-state index contributed by atoms with van der Waals surface area (Å²) in [7, 11) is 6.22. The number of aliphatic hydroxyl groups excluding tert-OH is 1. The second-order valence-corrected chi connectivity index (χ2v) is 29.7. The third-order valence-electron chi connectivity index (χ3n) is 18.4. The van der Waals surface area contributed by atoms with Crippen LogP contribution in [0.25, 0.3) is 0 Å². The second-order valence-electron chi connectivity index (χ2n) is 29.7. The Balaban J connectivity index is 0.000000306. The molecule has 0 aromatic heterocycles. The number of hydrogen-bond donors (Lipinski definition) is 9. The monoisotopic (exact) mass is 1530 g/mol. The first kappa shape index (κ1) is 86.5. The molecule has 8 rings (SSSR count). The number of ketones is 1. The minimum absolute atomic E-state index is 0.0302. The van der Waals surface area contributed by atoms with E-state index in [0.717, 1.165) is 0 Å². The van der Waals surface area contributed by atoms with Gasteiger partial charge in [-0.3, -0.25) is 52.7 Å². The van der Waals surface area contributed by atoms with Crippen molar-refractivity contribution in [3.8, 4) is 23.0 Å². The van der Waals surface area contributed by atoms with E-state index in [4.69, 9.17) is 28.4 Å². The van der Waals surface area contributed by atoms with E-state index in [1.165, 1.54) is 19.6 Å². The fourth-order valence-electron chi connectivity index (χ4n) is 12.6. The van der Waals surface area contributed by atoms with Crippen molar-refractivity contribution in [2.24, 2.45) is 10.8 Å². The van der Waals surface area contributed by atoms with Gasteiger partial charge in [-0.1, -0.05) is 141 Å². The Bertz CT molecular complexity index is 3870. The number of carbonyl (C=O) groups excluding carboxylic acids is 13. The second kappa shape index (κ2) is 40.6. The Kier molecular flexibility index (Phi) is 32.0. The van der Waals surface area contributed by atoms with Crippen LogP contribution in [0.3, 0.4) is 0 Å². The number of aliphatic hydroxyl groups is 1. The van der Waals surface area contributed by atoms with E-state index in [-0.39, 0.29) is 69.4 Å². The van der Waals surface area contributed by atoms with Crippen LogP contribution in [0.2, 0.25) is 0 Å². The van der Waals surface area contributed by atoms with Crippen molar-refractivity contribution < 1.29 is 95.9 Å². The molecular formula is C78H106N12O20. The van der Waals surface area contributed by atoms with Crippen LogP contribution in [0.1, 0.15) is 130 Å². The van der Waals surface area contributed by atoms with E-state index in [1.54, 1.807) is 186 Å². The highest BCUT2D eigenvalue weighted by atomic mass is 16.6. The first-order valence-electron chi connectivity index (χ1n) is 36.9. The third-order valence-corrected chi connectivity index (χ3v) is 18.4. The summed E-state index contributed by atoms with van der Waals surface area (Å²) in [4.78, 5) is 179. The Morgan fingerprint density at radius 1 is 0.527 bits per heavy atom. The molecule has 9 N–H and O–H groups in total. The number of amides is 12. The number of Topliss-reactive ketones (excluding diaryl/α,β-unsaturated/α-hetero) is 1. The summed E-state index contributed by atoms with van der Waals surface area (Å²) in [5, 5.41) is 31.8. The first-order valence-corrected chi connectivity index (χ1v) is 36.9. The highest BCUT2D eigenvalue weighted by Crippen LogP contribution is 2.32. The molecule has 2 saturated heterocycles. The van der Waals surface area contributed by atoms with E-state index in [9.17, 15) is 67.4 Å². The van der Waals surface area contributed by atoms with Crippen LogP contribution in [0.4, 0.5) is 9.59 Å². The van der Waals surface area contributed by atoms with Crippen LogP contribution in [-0.2, 0) is 62.2 Å². The van der Waals surface area contributed by atoms with Gasteiger partial charge in [0, 0.05) is 79.1 Å². The Morgan fingerprint density at radius 3 is 1.35 bits per heavy atom. The lowest BCUT2D eigenvalue weighted by atomic mass is 9.85. The predicted molar refractivity (Wildman–Crippen MR) is 400 cm³/mol. The molecule has 4 aromatic carbocycles. The van der Waals surface area contributed by atoms with Crippen molar-refractivity contribution in [3.05, 3.63) is 120 Å². The van der Waals surface area contributed by atoms with Crippen LogP contribution in [0.15, 0.2) is 109 Å². The lowest BCUT2D eigenvalue weighted by molar-refractivity contribution is -0.144. The normalized spacial score (nSPS) is 20.4. The quantitative estimate of drug-likeness (QED) is 0.0508. The minimum Gasteiger partial charge on any atom is -0.493 e. The molecule has 0 aliphatic carbocycles. The molecule has 3 unspecified atom stereocenters. The third kappa shape index (κ3) is 25.2. The van der Waals surface area contributed by atoms with Gasteiger partial charge in [-0.2, -0.15) is 0 Å². The summed E-state index contributed by atoms with van der Waals surface area (Å²) in [5.41, 5.74) is -0.540. The molecule has 2 fully saturated rings. The molecule has 4 aliphatic heterocycles. The van der Waals surface area contributed by atoms with Crippen molar-refractivity contribution in [2.75, 3.05) is 80.8 Å². The predicted octanol–water partition coefficient (Wildman–Crippen LogP) is 3.54. The summed E-state index contributed by atoms with van der Waals surface area (Å²) >= 11 is 0. The SMILES string of the molecule is CCCC(NC(=O)[C@@H]1C[C@@H]2CN1C(=O)[C@H](C(C)(C)C)NC(=O)Oc1cccc(c1)OCCCO2)C(=O)C(=O)NCC(=O)N[C@H](C(=O)N(C)C)c1ccccc1.CCCC(NC(=O)[C@@H]1C[C@@H]2CN1C(=O)[C@H](C(C)(C)C)NC(=O)Oc1cccc(c1)OCCCO2)C(O)C(=O)NCC(=O)N[C@H](C(=O)N(C)C)c1ccccc1. The van der Waals surface area contributed by atoms with E-state index < -0.39 is 162 Å². The standard InChI is InChI=1S/C39H54N6O10.C39H52N6O10/c2*1-7-13-28(32(47)35(49)40-22-30(46)42-31(36(50)44(5)6)24-14-9-8-10-15-24)41-34(48)29-21-27-23-45(29)37(51)33(39(2,3)4)43-38(52)55-26-17-11-16-25(20-26)53-18-12-19-54-27/h8-11,14-17,20,27-29,31-33,47H,7,12-13,18-19,21-23H2,1-6H3,(H,40,49)(H,41,48)(H,42,46)(H,43,52);8-11,14-17,20,27-29,31,33H,7,12-13,18-19,21-23H2,1-6H3,(H,40,49)(H,41,48)(H,42,46)(H,43,52)/t27-,28?,29+,31+,32?,33-;27-,28?,29+,31+,33-/m11/s1. The van der Waals surface area contributed by atoms with Gasteiger partial charge in [0.15, 0.2) is 6.10 Å². The number of hydrogen-bond acceptors (Lipinski definition) is 20. The number of nitrogens with one attached hydrogen (secondary N) is 8. The maximum atomic E-state index is 14.3. The highest BCUT2D eigenvalue weighted by Gasteiger charge is 2.49. The van der Waals surface area contributed by atoms with E-state index in [2.05, 4.69) is 42.5 Å². The molecule has 0 radical (unpaired) electrons. The van der Waals surface area contributed by atoms with Crippen molar-refractivity contribution in [1.82, 2.24) is 62.1 Å². The number of benzene rings is 4. The molecule has 4 heterocycles. The highest BCUT2D eigenvalue weighted by molar-refractivity contribution is 6.38. The van der Waals surface area contributed by atoms with Gasteiger partial charge in [-0.25, -0.2) is 9.59 Å². The topological polar surface area (TPSA) is 407 Å². The summed E-state index contributed by atoms with van der Waals surface area (Å²) < 4.78 is 34.7. The van der Waals surface area contributed by atoms with Crippen LogP contribution in [0.5, 0.6) is 23.0 Å². The molecule has 0 saturated carbocycles. The van der Waals surface area contributed by atoms with Gasteiger partial charge in [-0.05, 0) is 59.1 Å². The molecule has 598 valence electrons. The lowest BCUT2D eigenvalue weighted by Gasteiger charge is -2.35. The number of likely N-dealkylation sites (N-methyl/N-ethyl adjacent to an activating group) is 2. The summed E-state index contributed by atoms with van der Waals surface area (Å²) in [6.45, 7) is 14.3. The molecule has 110 heavy (non-hydrogen) atoms. The molecule has 0 spiro atoms. The fourth-order valence-corrected chi connectivity index (χ4v) is 12.6. The van der Waals surface area contributed by atoms with Gasteiger partial charge >= 0.3 is 12.2 Å². The Hall–Kier alpha value is -10.7. The van der Waals surface area contributed by atoms with Crippen LogP contribution >= 0.6 is 0 Å². The maximum Gasteiger partial charge on any atom is 0.413 e. The van der Waals surface area contributed by atoms with Gasteiger partial charge in [-0.15, -0.1) is 0 Å². The molecule has 4 aliphatic rings. The van der Waals surface area contributed by atoms with Gasteiger partial charge in [0.2, 0.25) is 53.0 Å². The smallest absolute Gasteiger partial charge is 0.413 e. The zero-order valence-electron chi connectivity index (χ0n) is 64.5. The molecule has 11 atom stereocenters. The van der Waals surface area contributed by atoms with E-state index in [0.29, 0.717) is 61.5 Å². The number of ether oxygens (including phenoxy) is 6. The maximum absolute atomic E-state index is 14.3. The molecule has 12 amide bonds. The molecule has 8 bridgehead atoms. The van der Waals surface area contributed by atoms with Gasteiger partial charge in [0.1, 0.15) is 59.2 Å². The largest absolute Gasteiger partial charge is 0.493 e. The summed E-state index contributed by atoms with van der Waals surface area (Å²) in [5.74, 6) is -6.11. The zero-order valence-corrected chi connectivity index (χ0v) is 64.5. The molecule has 4 aromatic rings. The van der Waals surface area contributed by atoms with Crippen LogP contribution in [-0.4, -0.2) is 237 Å². The first-order chi connectivity index (χ1) is 52.2. The number of fused-ring (bicyclic) bond motifs is 8. The number of carbonyl (C=O) groups is 13. The van der Waals surface area contributed by atoms with Crippen molar-refractivity contribution >= 4 is 77.0 Å². The van der Waals surface area contributed by atoms with Crippen molar-refractivity contribution in [3.63, 3.8) is 0 Å². The average Bonchev–Trinajstić information content (AvgIpc) is 1.63. The molecular weight excluding hydrogens is 1420 g/mol. The van der Waals surface area contributed by atoms with Gasteiger partial charge in [0.05, 0.1) is 63.8 Å². The van der Waals surface area contributed by atoms with E-state index >= 15 is 0 Å². The van der Waals surface area contributed by atoms with Gasteiger partial charge < -0.3 is 95.7 Å². The minimum atomic E-state index is -1.76. The fraction of sp³-hybridized carbons (Fsp3) is 0.526. The lowest BCUT2D eigenvalue weighted by Crippen LogP contribution is -2.59. The summed E-state index contributed by atoms with van der Waals surface area (Å²) in [6, 6.07) is 21.6. The average molecular weight is 1530 g/mol. The summed E-state index contributed by atoms with van der Waals surface area (Å²) in [6.07, 6.45) is -2.18. The van der Waals surface area contributed by atoms with Crippen LogP contribution in [0, 0.1) is 10.8 Å². The van der Waals surface area contributed by atoms with Gasteiger partial charge in [0.25, 0.3) is 11.8 Å². The number of rotatable bonds is 22. The molecule has 32 nitrogen and oxygen atoms in total. The van der Waals surface area contributed by atoms with E-state index in [1.807, 2.05) is 6.92 Å².